The number of aliphatic hydroxyl groups is 1. The first-order valence-electron chi connectivity index (χ1n) is 14.2. The highest BCUT2D eigenvalue weighted by molar-refractivity contribution is 7.90. The molecule has 4 aromatic carbocycles. The molecule has 0 heterocycles. The maximum atomic E-state index is 14.9. The van der Waals surface area contributed by atoms with Gasteiger partial charge in [0.2, 0.25) is 0 Å². The van der Waals surface area contributed by atoms with Crippen molar-refractivity contribution in [3.63, 3.8) is 0 Å². The van der Waals surface area contributed by atoms with E-state index < -0.39 is 43.7 Å². The molecular formula is C33H34ClF4N3O4S. The Kier molecular flexibility index (Phi) is 11.1. The average Bonchev–Trinajstić information content (AvgIpc) is 2.97. The third-order valence-corrected chi connectivity index (χ3v) is 8.90. The van der Waals surface area contributed by atoms with E-state index in [1.54, 1.807) is 6.07 Å². The van der Waals surface area contributed by atoms with Gasteiger partial charge in [0.25, 0.3) is 0 Å². The Balaban J connectivity index is 1.60. The Labute approximate surface area is 270 Å². The van der Waals surface area contributed by atoms with Crippen molar-refractivity contribution in [1.82, 2.24) is 4.90 Å². The first-order valence-corrected chi connectivity index (χ1v) is 16.5. The van der Waals surface area contributed by atoms with Gasteiger partial charge >= 0.3 is 6.18 Å². The lowest BCUT2D eigenvalue weighted by atomic mass is 9.90. The number of sulfone groups is 1. The molecule has 5 N–H and O–H groups in total. The van der Waals surface area contributed by atoms with Gasteiger partial charge in [0.15, 0.2) is 15.7 Å². The second-order valence-corrected chi connectivity index (χ2v) is 13.3. The van der Waals surface area contributed by atoms with E-state index in [2.05, 4.69) is 0 Å². The molecule has 0 atom stereocenters. The van der Waals surface area contributed by atoms with Crippen molar-refractivity contribution >= 4 is 21.4 Å². The number of alkyl halides is 3. The predicted octanol–water partition coefficient (Wildman–Crippen LogP) is 6.02. The van der Waals surface area contributed by atoms with Gasteiger partial charge < -0.3 is 9.84 Å². The van der Waals surface area contributed by atoms with E-state index in [4.69, 9.17) is 27.8 Å². The summed E-state index contributed by atoms with van der Waals surface area (Å²) in [6, 6.07) is 25.1. The summed E-state index contributed by atoms with van der Waals surface area (Å²) in [7, 11) is -4.07. The largest absolute Gasteiger partial charge is 0.493 e. The van der Waals surface area contributed by atoms with Gasteiger partial charge in [0, 0.05) is 37.9 Å². The minimum absolute atomic E-state index is 0.00826. The third kappa shape index (κ3) is 9.05. The van der Waals surface area contributed by atoms with Crippen LogP contribution in [0.5, 0.6) is 5.75 Å². The van der Waals surface area contributed by atoms with Gasteiger partial charge in [-0.05, 0) is 35.2 Å². The highest BCUT2D eigenvalue weighted by atomic mass is 35.5. The summed E-state index contributed by atoms with van der Waals surface area (Å²) in [6.07, 6.45) is -3.49. The van der Waals surface area contributed by atoms with Crippen LogP contribution in [0, 0.1) is 5.82 Å². The fourth-order valence-corrected chi connectivity index (χ4v) is 6.48. The molecule has 0 fully saturated rings. The first kappa shape index (κ1) is 35.3. The normalized spacial score (nSPS) is 12.6. The predicted molar refractivity (Wildman–Crippen MR) is 168 cm³/mol. The number of hydrogen-bond acceptors (Lipinski definition) is 7. The lowest BCUT2D eigenvalue weighted by Gasteiger charge is -2.29. The molecular weight excluding hydrogens is 646 g/mol. The fraction of sp³-hybridized carbons (Fsp3) is 0.273. The van der Waals surface area contributed by atoms with Gasteiger partial charge in [-0.3, -0.25) is 16.4 Å². The maximum Gasteiger partial charge on any atom is 0.417 e. The number of benzene rings is 4. The van der Waals surface area contributed by atoms with Crippen LogP contribution in [0.25, 0.3) is 0 Å². The van der Waals surface area contributed by atoms with Crippen molar-refractivity contribution in [3.05, 3.63) is 130 Å². The summed E-state index contributed by atoms with van der Waals surface area (Å²) in [5, 5.41) is 9.57. The van der Waals surface area contributed by atoms with Crippen LogP contribution in [0.4, 0.5) is 17.6 Å². The molecule has 7 nitrogen and oxygen atoms in total. The molecule has 0 aliphatic carbocycles. The van der Waals surface area contributed by atoms with Gasteiger partial charge in [0.1, 0.15) is 11.6 Å². The number of ether oxygens (including phenoxy) is 1. The van der Waals surface area contributed by atoms with E-state index in [0.29, 0.717) is 25.1 Å². The third-order valence-electron chi connectivity index (χ3n) is 7.34. The number of nitrogens with two attached hydrogens (primary N) is 2. The van der Waals surface area contributed by atoms with Crippen molar-refractivity contribution in [1.29, 1.82) is 0 Å². The summed E-state index contributed by atoms with van der Waals surface area (Å²) in [5.41, 5.74) is 11.4. The van der Waals surface area contributed by atoms with Crippen LogP contribution in [-0.2, 0) is 28.4 Å². The van der Waals surface area contributed by atoms with Crippen LogP contribution in [-0.4, -0.2) is 44.4 Å². The van der Waals surface area contributed by atoms with E-state index in [-0.39, 0.29) is 29.8 Å². The van der Waals surface area contributed by atoms with E-state index >= 15 is 0 Å². The quantitative estimate of drug-likeness (QED) is 0.0898. The van der Waals surface area contributed by atoms with Crippen LogP contribution in [0.2, 0.25) is 5.02 Å². The number of rotatable bonds is 13. The molecule has 0 saturated heterocycles. The molecule has 0 aliphatic rings. The molecule has 0 aliphatic heterocycles. The summed E-state index contributed by atoms with van der Waals surface area (Å²) in [6.45, 7) is 0.819. The van der Waals surface area contributed by atoms with Crippen molar-refractivity contribution < 1.29 is 35.8 Å². The monoisotopic (exact) mass is 679 g/mol. The number of nitrogens with zero attached hydrogens (tertiary/aromatic N) is 1. The Morgan fingerprint density at radius 1 is 0.935 bits per heavy atom. The van der Waals surface area contributed by atoms with Crippen LogP contribution in [0.3, 0.4) is 0 Å². The lowest BCUT2D eigenvalue weighted by molar-refractivity contribution is -0.137. The van der Waals surface area contributed by atoms with Crippen molar-refractivity contribution in [2.75, 3.05) is 26.0 Å². The summed E-state index contributed by atoms with van der Waals surface area (Å²) < 4.78 is 86.1. The highest BCUT2D eigenvalue weighted by Gasteiger charge is 2.34. The zero-order chi connectivity index (χ0) is 33.7. The van der Waals surface area contributed by atoms with E-state index in [1.165, 1.54) is 6.07 Å². The van der Waals surface area contributed by atoms with E-state index in [9.17, 15) is 31.1 Å². The minimum Gasteiger partial charge on any atom is -0.493 e. The second-order valence-electron chi connectivity index (χ2n) is 11.0. The number of halogens is 5. The molecule has 0 amide bonds. The summed E-state index contributed by atoms with van der Waals surface area (Å²) >= 11 is 6.27. The summed E-state index contributed by atoms with van der Waals surface area (Å²) in [5.74, 6) is -4.19. The maximum absolute atomic E-state index is 14.9. The molecule has 0 unspecified atom stereocenters. The summed E-state index contributed by atoms with van der Waals surface area (Å²) in [4.78, 5) is 1.34. The SMILES string of the molecule is CS(=O)(=O)c1cc(OCCCN(Cc2cccc(C(F)(F)F)c2Cl)CC(c2ccccc2)c2ccccc2)cc(F)c1C(N)(N)O. The first-order chi connectivity index (χ1) is 21.6. The van der Waals surface area contributed by atoms with Gasteiger partial charge in [-0.1, -0.05) is 84.4 Å². The highest BCUT2D eigenvalue weighted by Crippen LogP contribution is 2.37. The molecule has 13 heteroatoms. The zero-order valence-corrected chi connectivity index (χ0v) is 26.4. The molecule has 0 aromatic heterocycles. The van der Waals surface area contributed by atoms with Gasteiger partial charge in [-0.25, -0.2) is 12.8 Å². The zero-order valence-electron chi connectivity index (χ0n) is 24.8. The second kappa shape index (κ2) is 14.5. The molecule has 0 spiro atoms. The topological polar surface area (TPSA) is 119 Å². The molecule has 0 bridgehead atoms. The van der Waals surface area contributed by atoms with Gasteiger partial charge in [-0.2, -0.15) is 13.2 Å². The van der Waals surface area contributed by atoms with Gasteiger partial charge in [-0.15, -0.1) is 0 Å². The Bertz CT molecular complexity index is 1700. The molecule has 246 valence electrons. The van der Waals surface area contributed by atoms with E-state index in [0.717, 1.165) is 35.6 Å². The molecule has 4 aromatic rings. The fourth-order valence-electron chi connectivity index (χ4n) is 5.23. The molecule has 46 heavy (non-hydrogen) atoms. The lowest BCUT2D eigenvalue weighted by Crippen LogP contribution is -2.47. The van der Waals surface area contributed by atoms with Crippen molar-refractivity contribution in [2.24, 2.45) is 11.5 Å². The van der Waals surface area contributed by atoms with Crippen LogP contribution >= 0.6 is 11.6 Å². The van der Waals surface area contributed by atoms with Crippen LogP contribution in [0.15, 0.2) is 95.9 Å². The molecule has 0 radical (unpaired) electrons. The van der Waals surface area contributed by atoms with Crippen molar-refractivity contribution in [2.45, 2.75) is 35.8 Å². The molecule has 0 saturated carbocycles. The van der Waals surface area contributed by atoms with Crippen molar-refractivity contribution in [3.8, 4) is 5.75 Å². The molecule has 4 rings (SSSR count). The average molecular weight is 680 g/mol. The van der Waals surface area contributed by atoms with Crippen LogP contribution < -0.4 is 16.2 Å². The number of hydrogen-bond donors (Lipinski definition) is 3. The van der Waals surface area contributed by atoms with E-state index in [1.807, 2.05) is 65.6 Å². The standard InChI is InChI=1S/C33H34ClF4N3O4S/c1-46(43,44)29-19-25(18-28(35)30(29)33(39,40)42)45-17-9-16-41(20-24-14-8-15-27(31(24)34)32(36,37)38)21-26(22-10-4-2-5-11-22)23-12-6-3-7-13-23/h2-8,10-15,18-19,26,42H,9,16-17,20-21,39-40H2,1H3. The van der Waals surface area contributed by atoms with Gasteiger partial charge in [0.05, 0.1) is 27.7 Å². The minimum atomic E-state index is -4.62. The Hall–Kier alpha value is -3.52. The van der Waals surface area contributed by atoms with Crippen LogP contribution in [0.1, 0.15) is 40.2 Å². The Morgan fingerprint density at radius 2 is 1.52 bits per heavy atom. The Morgan fingerprint density at radius 3 is 2.04 bits per heavy atom. The smallest absolute Gasteiger partial charge is 0.417 e.